The van der Waals surface area contributed by atoms with Crippen molar-refractivity contribution < 1.29 is 9.47 Å². The third-order valence-electron chi connectivity index (χ3n) is 5.53. The van der Waals surface area contributed by atoms with Crippen LogP contribution in [0.15, 0.2) is 42.6 Å². The molecule has 0 spiro atoms. The van der Waals surface area contributed by atoms with Gasteiger partial charge in [-0.15, -0.1) is 0 Å². The molecule has 27 heavy (non-hydrogen) atoms. The fourth-order valence-electron chi connectivity index (χ4n) is 4.19. The molecule has 3 heterocycles. The molecule has 1 fully saturated rings. The minimum Gasteiger partial charge on any atom is -0.497 e. The molecule has 1 aromatic carbocycles. The van der Waals surface area contributed by atoms with Crippen LogP contribution in [-0.2, 0) is 6.54 Å². The van der Waals surface area contributed by atoms with Gasteiger partial charge in [0, 0.05) is 30.8 Å². The molecule has 5 heteroatoms. The summed E-state index contributed by atoms with van der Waals surface area (Å²) in [7, 11) is 3.43. The molecule has 1 aliphatic heterocycles. The van der Waals surface area contributed by atoms with Crippen molar-refractivity contribution in [3.05, 3.63) is 59.7 Å². The summed E-state index contributed by atoms with van der Waals surface area (Å²) in [5, 5.41) is 0. The minimum atomic E-state index is 0.460. The topological polar surface area (TPSA) is 39.0 Å². The lowest BCUT2D eigenvalue weighted by Crippen LogP contribution is -2.34. The molecule has 0 bridgehead atoms. The summed E-state index contributed by atoms with van der Waals surface area (Å²) in [5.74, 6) is 3.31. The Kier molecular flexibility index (Phi) is 5.03. The molecule has 2 aromatic heterocycles. The molecule has 0 N–H and O–H groups in total. The van der Waals surface area contributed by atoms with Crippen molar-refractivity contribution in [3.8, 4) is 11.5 Å². The van der Waals surface area contributed by atoms with Gasteiger partial charge in [0.2, 0.25) is 0 Å². The van der Waals surface area contributed by atoms with E-state index in [-0.39, 0.29) is 0 Å². The van der Waals surface area contributed by atoms with Crippen LogP contribution in [0, 0.1) is 6.92 Å². The molecule has 1 saturated heterocycles. The lowest BCUT2D eigenvalue weighted by atomic mass is 9.93. The number of imidazole rings is 1. The first-order chi connectivity index (χ1) is 13.2. The largest absolute Gasteiger partial charge is 0.497 e. The molecule has 0 aliphatic carbocycles. The molecule has 0 unspecified atom stereocenters. The van der Waals surface area contributed by atoms with Gasteiger partial charge < -0.3 is 13.9 Å². The second-order valence-electron chi connectivity index (χ2n) is 7.25. The van der Waals surface area contributed by atoms with Crippen LogP contribution in [0.4, 0.5) is 0 Å². The molecular weight excluding hydrogens is 338 g/mol. The number of methoxy groups -OCH3 is 2. The van der Waals surface area contributed by atoms with Crippen LogP contribution in [0.3, 0.4) is 0 Å². The average Bonchev–Trinajstić information content (AvgIpc) is 3.05. The molecule has 0 saturated carbocycles. The van der Waals surface area contributed by atoms with Gasteiger partial charge in [-0.25, -0.2) is 4.98 Å². The number of ether oxygens (including phenoxy) is 2. The summed E-state index contributed by atoms with van der Waals surface area (Å²) >= 11 is 0. The third-order valence-corrected chi connectivity index (χ3v) is 5.53. The van der Waals surface area contributed by atoms with Crippen molar-refractivity contribution in [1.82, 2.24) is 14.3 Å². The Morgan fingerprint density at radius 3 is 2.85 bits per heavy atom. The Labute approximate surface area is 160 Å². The Balaban J connectivity index is 1.57. The van der Waals surface area contributed by atoms with Crippen molar-refractivity contribution in [2.75, 3.05) is 27.3 Å². The lowest BCUT2D eigenvalue weighted by molar-refractivity contribution is 0.197. The van der Waals surface area contributed by atoms with Crippen LogP contribution < -0.4 is 9.47 Å². The van der Waals surface area contributed by atoms with Gasteiger partial charge in [-0.1, -0.05) is 6.07 Å². The van der Waals surface area contributed by atoms with E-state index >= 15 is 0 Å². The number of aromatic nitrogens is 2. The molecule has 1 aliphatic rings. The first-order valence-corrected chi connectivity index (χ1v) is 9.56. The molecule has 0 radical (unpaired) electrons. The number of fused-ring (bicyclic) bond motifs is 1. The van der Waals surface area contributed by atoms with Crippen molar-refractivity contribution in [2.45, 2.75) is 32.2 Å². The maximum Gasteiger partial charge on any atom is 0.123 e. The van der Waals surface area contributed by atoms with Crippen LogP contribution in [0.2, 0.25) is 0 Å². The van der Waals surface area contributed by atoms with Gasteiger partial charge in [-0.3, -0.25) is 4.90 Å². The Bertz CT molecular complexity index is 934. The Hall–Kier alpha value is -2.53. The normalized spacial score (nSPS) is 18.0. The quantitative estimate of drug-likeness (QED) is 0.684. The summed E-state index contributed by atoms with van der Waals surface area (Å²) in [6.07, 6.45) is 4.47. The molecule has 4 rings (SSSR count). The number of likely N-dealkylation sites (tertiary alicyclic amines) is 1. The van der Waals surface area contributed by atoms with E-state index in [0.29, 0.717) is 5.92 Å². The van der Waals surface area contributed by atoms with E-state index in [0.717, 1.165) is 37.0 Å². The van der Waals surface area contributed by atoms with Crippen molar-refractivity contribution in [2.24, 2.45) is 0 Å². The summed E-state index contributed by atoms with van der Waals surface area (Å²) in [6, 6.07) is 12.4. The number of rotatable bonds is 5. The van der Waals surface area contributed by atoms with Crippen LogP contribution in [0.5, 0.6) is 11.5 Å². The van der Waals surface area contributed by atoms with Gasteiger partial charge in [-0.05, 0) is 56.6 Å². The van der Waals surface area contributed by atoms with E-state index < -0.39 is 0 Å². The highest BCUT2D eigenvalue weighted by Crippen LogP contribution is 2.32. The number of hydrogen-bond donors (Lipinski definition) is 0. The van der Waals surface area contributed by atoms with E-state index in [1.165, 1.54) is 29.6 Å². The van der Waals surface area contributed by atoms with Gasteiger partial charge in [-0.2, -0.15) is 0 Å². The number of benzene rings is 1. The Morgan fingerprint density at radius 1 is 1.15 bits per heavy atom. The van der Waals surface area contributed by atoms with E-state index in [4.69, 9.17) is 14.5 Å². The predicted octanol–water partition coefficient (Wildman–Crippen LogP) is 4.04. The van der Waals surface area contributed by atoms with Crippen molar-refractivity contribution in [1.29, 1.82) is 0 Å². The monoisotopic (exact) mass is 365 g/mol. The van der Waals surface area contributed by atoms with E-state index in [2.05, 4.69) is 46.7 Å². The zero-order valence-corrected chi connectivity index (χ0v) is 16.3. The summed E-state index contributed by atoms with van der Waals surface area (Å²) in [6.45, 7) is 5.06. The van der Waals surface area contributed by atoms with Gasteiger partial charge in [0.15, 0.2) is 0 Å². The summed E-state index contributed by atoms with van der Waals surface area (Å²) in [4.78, 5) is 7.42. The molecule has 142 valence electrons. The second kappa shape index (κ2) is 7.61. The van der Waals surface area contributed by atoms with Gasteiger partial charge >= 0.3 is 0 Å². The average molecular weight is 365 g/mol. The number of nitrogens with zero attached hydrogens (tertiary/aromatic N) is 3. The zero-order valence-electron chi connectivity index (χ0n) is 16.3. The van der Waals surface area contributed by atoms with Crippen LogP contribution in [0.25, 0.3) is 5.52 Å². The SMILES string of the molecule is COc1ccc(OC)c(CN2CCC[C@H](c3nc(C)n4ccccc34)C2)c1. The van der Waals surface area contributed by atoms with E-state index in [1.54, 1.807) is 14.2 Å². The third kappa shape index (κ3) is 3.52. The number of hydrogen-bond acceptors (Lipinski definition) is 4. The first kappa shape index (κ1) is 17.9. The fraction of sp³-hybridized carbons (Fsp3) is 0.409. The standard InChI is InChI=1S/C22H27N3O2/c1-16-23-22(20-8-4-5-12-25(16)20)17-7-6-11-24(14-17)15-18-13-19(26-2)9-10-21(18)27-3/h4-5,8-10,12-13,17H,6-7,11,14-15H2,1-3H3/t17-/m0/s1. The van der Waals surface area contributed by atoms with Crippen molar-refractivity contribution >= 4 is 5.52 Å². The highest BCUT2D eigenvalue weighted by Gasteiger charge is 2.26. The predicted molar refractivity (Wildman–Crippen MR) is 107 cm³/mol. The second-order valence-corrected chi connectivity index (χ2v) is 7.25. The highest BCUT2D eigenvalue weighted by atomic mass is 16.5. The molecule has 0 amide bonds. The molecular formula is C22H27N3O2. The number of piperidine rings is 1. The van der Waals surface area contributed by atoms with Gasteiger partial charge in [0.25, 0.3) is 0 Å². The maximum atomic E-state index is 5.56. The molecule has 3 aromatic rings. The van der Waals surface area contributed by atoms with E-state index in [1.807, 2.05) is 12.1 Å². The fourth-order valence-corrected chi connectivity index (χ4v) is 4.19. The first-order valence-electron chi connectivity index (χ1n) is 9.56. The lowest BCUT2D eigenvalue weighted by Gasteiger charge is -2.32. The van der Waals surface area contributed by atoms with Crippen LogP contribution in [-0.4, -0.2) is 41.6 Å². The smallest absolute Gasteiger partial charge is 0.123 e. The number of aryl methyl sites for hydroxylation is 1. The molecule has 5 nitrogen and oxygen atoms in total. The minimum absolute atomic E-state index is 0.460. The summed E-state index contributed by atoms with van der Waals surface area (Å²) < 4.78 is 13.2. The van der Waals surface area contributed by atoms with Gasteiger partial charge in [0.05, 0.1) is 25.4 Å². The van der Waals surface area contributed by atoms with Crippen molar-refractivity contribution in [3.63, 3.8) is 0 Å². The summed E-state index contributed by atoms with van der Waals surface area (Å²) in [5.41, 5.74) is 3.64. The highest BCUT2D eigenvalue weighted by molar-refractivity contribution is 5.54. The maximum absolute atomic E-state index is 5.56. The van der Waals surface area contributed by atoms with Crippen LogP contribution in [0.1, 0.15) is 35.8 Å². The van der Waals surface area contributed by atoms with Gasteiger partial charge in [0.1, 0.15) is 17.3 Å². The number of pyridine rings is 1. The van der Waals surface area contributed by atoms with E-state index in [9.17, 15) is 0 Å². The molecule has 1 atom stereocenters. The Morgan fingerprint density at radius 2 is 2.04 bits per heavy atom. The zero-order chi connectivity index (χ0) is 18.8. The van der Waals surface area contributed by atoms with Crippen LogP contribution >= 0.6 is 0 Å².